The van der Waals surface area contributed by atoms with Crippen LogP contribution in [0.4, 0.5) is 0 Å². The number of hydrogen-bond donors (Lipinski definition) is 0. The van der Waals surface area contributed by atoms with E-state index >= 15 is 0 Å². The van der Waals surface area contributed by atoms with Crippen LogP contribution >= 0.6 is 0 Å². The van der Waals surface area contributed by atoms with Crippen LogP contribution in [0.2, 0.25) is 0 Å². The molecule has 0 aliphatic rings. The maximum absolute atomic E-state index is 10.7. The highest BCUT2D eigenvalue weighted by Crippen LogP contribution is 2.00. The Kier molecular flexibility index (Phi) is 3.53. The smallest absolute Gasteiger partial charge is 0.322 e. The van der Waals surface area contributed by atoms with Gasteiger partial charge in [0.1, 0.15) is 0 Å². The fourth-order valence-electron chi connectivity index (χ4n) is 0.992. The lowest BCUT2D eigenvalue weighted by Crippen LogP contribution is -1.98. The van der Waals surface area contributed by atoms with Crippen LogP contribution < -0.4 is 0 Å². The fraction of sp³-hybridized carbons (Fsp3) is 0.0909. The zero-order valence-corrected chi connectivity index (χ0v) is 7.84. The van der Waals surface area contributed by atoms with Crippen LogP contribution in [-0.2, 0) is 4.79 Å². The van der Waals surface area contributed by atoms with Crippen molar-refractivity contribution in [2.24, 2.45) is 0 Å². The number of allylic oxidation sites excluding steroid dienone is 2. The highest BCUT2D eigenvalue weighted by Gasteiger charge is 2.05. The predicted octanol–water partition coefficient (Wildman–Crippen LogP) is 1.85. The Labute approximate surface area is 82.3 Å². The molecule has 0 radical (unpaired) electrons. The van der Waals surface area contributed by atoms with Gasteiger partial charge in [-0.15, -0.1) is 0 Å². The van der Waals surface area contributed by atoms with Crippen LogP contribution in [0.1, 0.15) is 12.5 Å². The average Bonchev–Trinajstić information content (AvgIpc) is 2.20. The highest BCUT2D eigenvalue weighted by atomic mass is 16.1. The summed E-state index contributed by atoms with van der Waals surface area (Å²) in [6.45, 7) is 1.44. The minimum Gasteiger partial charge on any atom is -0.361 e. The minimum atomic E-state index is -0.0814. The third-order valence-corrected chi connectivity index (χ3v) is 1.65. The van der Waals surface area contributed by atoms with Crippen molar-refractivity contribution in [1.82, 2.24) is 0 Å². The second kappa shape index (κ2) is 4.90. The average molecular weight is 186 g/mol. The third kappa shape index (κ3) is 2.81. The van der Waals surface area contributed by atoms with Gasteiger partial charge < -0.3 is 5.53 Å². The number of carbonyl (C=O) groups excluding carboxylic acids is 1. The van der Waals surface area contributed by atoms with Gasteiger partial charge >= 0.3 is 5.71 Å². The molecule has 0 saturated carbocycles. The van der Waals surface area contributed by atoms with E-state index in [1.54, 1.807) is 12.1 Å². The monoisotopic (exact) mass is 186 g/mol. The Bertz CT molecular complexity index is 401. The summed E-state index contributed by atoms with van der Waals surface area (Å²) in [7, 11) is 0. The van der Waals surface area contributed by atoms with Crippen molar-refractivity contribution < 1.29 is 9.58 Å². The Morgan fingerprint density at radius 3 is 2.43 bits per heavy atom. The first-order chi connectivity index (χ1) is 6.74. The predicted molar refractivity (Wildman–Crippen MR) is 54.0 cm³/mol. The number of benzene rings is 1. The molecule has 0 bridgehead atoms. The van der Waals surface area contributed by atoms with Gasteiger partial charge in [0, 0.05) is 6.08 Å². The molecule has 0 atom stereocenters. The molecule has 3 nitrogen and oxygen atoms in total. The molecule has 3 heteroatoms. The van der Waals surface area contributed by atoms with E-state index in [1.807, 2.05) is 18.2 Å². The molecule has 14 heavy (non-hydrogen) atoms. The van der Waals surface area contributed by atoms with Crippen molar-refractivity contribution in [2.75, 3.05) is 0 Å². The Morgan fingerprint density at radius 1 is 1.29 bits per heavy atom. The van der Waals surface area contributed by atoms with E-state index in [-0.39, 0.29) is 5.78 Å². The molecule has 1 aromatic rings. The van der Waals surface area contributed by atoms with Crippen molar-refractivity contribution in [3.63, 3.8) is 0 Å². The number of carbonyl (C=O) groups is 1. The molecule has 0 amide bonds. The van der Waals surface area contributed by atoms with Gasteiger partial charge in [-0.25, -0.2) is 0 Å². The number of hydrogen-bond acceptors (Lipinski definition) is 1. The van der Waals surface area contributed by atoms with Crippen molar-refractivity contribution in [3.8, 4) is 0 Å². The van der Waals surface area contributed by atoms with Crippen LogP contribution in [0.3, 0.4) is 0 Å². The Balaban J connectivity index is 2.96. The molecule has 70 valence electrons. The molecule has 0 saturated heterocycles. The first-order valence-electron chi connectivity index (χ1n) is 4.20. The van der Waals surface area contributed by atoms with E-state index in [0.29, 0.717) is 5.71 Å². The molecule has 0 N–H and O–H groups in total. The normalized spacial score (nSPS) is 9.79. The molecule has 0 aliphatic carbocycles. The van der Waals surface area contributed by atoms with Gasteiger partial charge in [0.25, 0.3) is 0 Å². The van der Waals surface area contributed by atoms with E-state index in [2.05, 4.69) is 4.79 Å². The molecule has 1 aromatic carbocycles. The quantitative estimate of drug-likeness (QED) is 0.307. The Hall–Kier alpha value is -1.99. The lowest BCUT2D eigenvalue weighted by Gasteiger charge is -1.89. The summed E-state index contributed by atoms with van der Waals surface area (Å²) in [4.78, 5) is 13.8. The summed E-state index contributed by atoms with van der Waals surface area (Å²) in [5, 5.41) is 0. The van der Waals surface area contributed by atoms with E-state index in [1.165, 1.54) is 19.1 Å². The lowest BCUT2D eigenvalue weighted by atomic mass is 10.1. The molecule has 0 aliphatic heterocycles. The van der Waals surface area contributed by atoms with Crippen LogP contribution in [0, 0.1) is 0 Å². The van der Waals surface area contributed by atoms with Crippen molar-refractivity contribution in [2.45, 2.75) is 6.92 Å². The summed E-state index contributed by atoms with van der Waals surface area (Å²) < 4.78 is 0. The van der Waals surface area contributed by atoms with Crippen LogP contribution in [-0.4, -0.2) is 16.3 Å². The van der Waals surface area contributed by atoms with Gasteiger partial charge in [-0.3, -0.25) is 4.79 Å². The largest absolute Gasteiger partial charge is 0.361 e. The van der Waals surface area contributed by atoms with Crippen LogP contribution in [0.25, 0.3) is 5.53 Å². The summed E-state index contributed by atoms with van der Waals surface area (Å²) in [5.74, 6) is -0.0814. The van der Waals surface area contributed by atoms with E-state index in [0.717, 1.165) is 5.56 Å². The van der Waals surface area contributed by atoms with Gasteiger partial charge in [0.05, 0.1) is 5.56 Å². The van der Waals surface area contributed by atoms with Crippen molar-refractivity contribution in [3.05, 3.63) is 53.6 Å². The van der Waals surface area contributed by atoms with E-state index < -0.39 is 0 Å². The molecule has 1 rings (SSSR count). The summed E-state index contributed by atoms with van der Waals surface area (Å²) in [5.41, 5.74) is 9.86. The summed E-state index contributed by atoms with van der Waals surface area (Å²) >= 11 is 0. The molecule has 0 spiro atoms. The number of rotatable bonds is 3. The maximum Gasteiger partial charge on any atom is 0.322 e. The second-order valence-corrected chi connectivity index (χ2v) is 2.80. The first-order valence-corrected chi connectivity index (χ1v) is 4.20. The van der Waals surface area contributed by atoms with E-state index in [9.17, 15) is 4.79 Å². The van der Waals surface area contributed by atoms with Crippen LogP contribution in [0.15, 0.2) is 42.5 Å². The van der Waals surface area contributed by atoms with Crippen molar-refractivity contribution >= 4 is 11.5 Å². The van der Waals surface area contributed by atoms with Crippen LogP contribution in [0.5, 0.6) is 0 Å². The van der Waals surface area contributed by atoms with Gasteiger partial charge in [0.15, 0.2) is 5.78 Å². The minimum absolute atomic E-state index is 0.0814. The molecular formula is C11H10N2O. The number of nitrogens with zero attached hydrogens (tertiary/aromatic N) is 2. The lowest BCUT2D eigenvalue weighted by molar-refractivity contribution is -0.112. The topological polar surface area (TPSA) is 53.5 Å². The van der Waals surface area contributed by atoms with E-state index in [4.69, 9.17) is 5.53 Å². The molecule has 0 heterocycles. The molecule has 0 fully saturated rings. The van der Waals surface area contributed by atoms with Gasteiger partial charge in [-0.2, -0.15) is 4.79 Å². The molecule has 0 aromatic heterocycles. The van der Waals surface area contributed by atoms with Crippen molar-refractivity contribution in [1.29, 1.82) is 0 Å². The second-order valence-electron chi connectivity index (χ2n) is 2.80. The molecule has 0 unspecified atom stereocenters. The number of ketones is 1. The summed E-state index contributed by atoms with van der Waals surface area (Å²) in [6, 6.07) is 9.15. The zero-order valence-electron chi connectivity index (χ0n) is 7.84. The fourth-order valence-corrected chi connectivity index (χ4v) is 0.992. The Morgan fingerprint density at radius 2 is 1.93 bits per heavy atom. The highest BCUT2D eigenvalue weighted by molar-refractivity contribution is 6.07. The maximum atomic E-state index is 10.7. The van der Waals surface area contributed by atoms with Gasteiger partial charge in [0.2, 0.25) is 0 Å². The molecular weight excluding hydrogens is 176 g/mol. The summed E-state index contributed by atoms with van der Waals surface area (Å²) in [6.07, 6.45) is 2.85. The SMILES string of the molecule is CC(=O)/C=C/C(=[N+]=[N-])c1ccccc1. The first kappa shape index (κ1) is 10.1. The standard InChI is InChI=1S/C11H10N2O/c1-9(14)7-8-11(13-12)10-5-3-2-4-6-10/h2-8H,1H3/b8-7+. The van der Waals surface area contributed by atoms with Gasteiger partial charge in [-0.1, -0.05) is 18.2 Å². The van der Waals surface area contributed by atoms with Gasteiger partial charge in [-0.05, 0) is 25.1 Å². The zero-order chi connectivity index (χ0) is 10.4. The third-order valence-electron chi connectivity index (χ3n) is 1.65.